The number of hydrogen-bond donors (Lipinski definition) is 1. The lowest BCUT2D eigenvalue weighted by molar-refractivity contribution is -0.240. The highest BCUT2D eigenvalue weighted by molar-refractivity contribution is 5.98. The lowest BCUT2D eigenvalue weighted by Gasteiger charge is -2.55. The number of carbonyl (C=O) groups is 6. The van der Waals surface area contributed by atoms with Gasteiger partial charge in [-0.15, -0.1) is 0 Å². The minimum Gasteiger partial charge on any atom is -0.465 e. The third-order valence-electron chi connectivity index (χ3n) is 11.3. The smallest absolute Gasteiger partial charge is 0.308 e. The molecule has 0 bridgehead atoms. The van der Waals surface area contributed by atoms with Crippen molar-refractivity contribution in [2.45, 2.75) is 118 Å². The van der Waals surface area contributed by atoms with Crippen molar-refractivity contribution in [2.75, 3.05) is 6.61 Å². The van der Waals surface area contributed by atoms with Crippen LogP contribution in [-0.2, 0) is 52.5 Å². The Labute approximate surface area is 264 Å². The van der Waals surface area contributed by atoms with Crippen LogP contribution in [0.15, 0.2) is 0 Å². The van der Waals surface area contributed by atoms with Gasteiger partial charge in [0.15, 0.2) is 5.60 Å². The quantitative estimate of drug-likeness (QED) is 0.306. The number of esters is 5. The van der Waals surface area contributed by atoms with Gasteiger partial charge in [0.05, 0.1) is 17.3 Å². The molecule has 0 aromatic heterocycles. The summed E-state index contributed by atoms with van der Waals surface area (Å²) in [5.74, 6) is -8.49. The third-order valence-corrected chi connectivity index (χ3v) is 11.3. The van der Waals surface area contributed by atoms with Crippen LogP contribution in [0.3, 0.4) is 0 Å². The molecule has 252 valence electrons. The molecule has 4 aliphatic rings. The average molecular weight is 637 g/mol. The van der Waals surface area contributed by atoms with E-state index in [9.17, 15) is 29.1 Å². The summed E-state index contributed by atoms with van der Waals surface area (Å²) in [5, 5.41) is 12.6. The fourth-order valence-corrected chi connectivity index (χ4v) is 9.27. The van der Waals surface area contributed by atoms with E-state index in [2.05, 4.69) is 0 Å². The molecule has 0 aromatic carbocycles. The molecule has 0 amide bonds. The van der Waals surface area contributed by atoms with Gasteiger partial charge < -0.3 is 28.8 Å². The molecule has 0 heterocycles. The van der Waals surface area contributed by atoms with Gasteiger partial charge in [-0.1, -0.05) is 34.6 Å². The molecule has 4 rings (SSSR count). The van der Waals surface area contributed by atoms with Crippen molar-refractivity contribution in [3.63, 3.8) is 0 Å². The predicted molar refractivity (Wildman–Crippen MR) is 156 cm³/mol. The summed E-state index contributed by atoms with van der Waals surface area (Å²) >= 11 is 0. The van der Waals surface area contributed by atoms with E-state index in [-0.39, 0.29) is 24.7 Å². The number of hydrogen-bond acceptors (Lipinski definition) is 12. The Morgan fingerprint density at radius 2 is 1.51 bits per heavy atom. The van der Waals surface area contributed by atoms with Crippen LogP contribution in [0.2, 0.25) is 0 Å². The molecule has 0 aromatic rings. The van der Waals surface area contributed by atoms with E-state index in [4.69, 9.17) is 23.7 Å². The number of aliphatic hydroxyl groups is 1. The van der Waals surface area contributed by atoms with Gasteiger partial charge in [-0.05, 0) is 49.4 Å². The monoisotopic (exact) mass is 636 g/mol. The number of Topliss-reactive ketones (excluding diaryl/α,β-unsaturated/α-hetero) is 1. The van der Waals surface area contributed by atoms with Crippen molar-refractivity contribution in [3.8, 4) is 0 Å². The van der Waals surface area contributed by atoms with Crippen LogP contribution < -0.4 is 0 Å². The second-order valence-electron chi connectivity index (χ2n) is 14.6. The third kappa shape index (κ3) is 5.44. The van der Waals surface area contributed by atoms with Crippen molar-refractivity contribution in [3.05, 3.63) is 0 Å². The maximum atomic E-state index is 15.0. The van der Waals surface area contributed by atoms with Crippen molar-refractivity contribution in [1.29, 1.82) is 0 Å². The zero-order valence-corrected chi connectivity index (χ0v) is 28.0. The van der Waals surface area contributed by atoms with Crippen molar-refractivity contribution in [2.24, 2.45) is 46.3 Å². The van der Waals surface area contributed by atoms with Crippen LogP contribution in [0.25, 0.3) is 0 Å². The van der Waals surface area contributed by atoms with Crippen LogP contribution >= 0.6 is 0 Å². The summed E-state index contributed by atoms with van der Waals surface area (Å²) in [5.41, 5.74) is -6.57. The summed E-state index contributed by atoms with van der Waals surface area (Å²) in [7, 11) is 0. The molecule has 4 aliphatic carbocycles. The molecule has 12 nitrogen and oxygen atoms in total. The van der Waals surface area contributed by atoms with Crippen molar-refractivity contribution < 1.29 is 57.6 Å². The molecule has 4 saturated carbocycles. The van der Waals surface area contributed by atoms with E-state index in [1.54, 1.807) is 20.8 Å². The molecule has 45 heavy (non-hydrogen) atoms. The molecule has 0 radical (unpaired) electrons. The average Bonchev–Trinajstić information content (AvgIpc) is 3.36. The Kier molecular flexibility index (Phi) is 9.02. The molecule has 0 spiro atoms. The molecular formula is C33H48O12. The van der Waals surface area contributed by atoms with E-state index in [0.717, 1.165) is 6.92 Å². The van der Waals surface area contributed by atoms with E-state index >= 15 is 4.79 Å². The first-order valence-electron chi connectivity index (χ1n) is 15.8. The van der Waals surface area contributed by atoms with Gasteiger partial charge >= 0.3 is 29.8 Å². The van der Waals surface area contributed by atoms with Crippen molar-refractivity contribution >= 4 is 35.6 Å². The van der Waals surface area contributed by atoms with E-state index < -0.39 is 106 Å². The van der Waals surface area contributed by atoms with Gasteiger partial charge in [-0.25, -0.2) is 0 Å². The maximum Gasteiger partial charge on any atom is 0.308 e. The number of ether oxygens (including phenoxy) is 5. The number of carbonyl (C=O) groups excluding carboxylic acids is 6. The Hall–Kier alpha value is -3.02. The zero-order valence-electron chi connectivity index (χ0n) is 28.0. The molecule has 0 saturated heterocycles. The minimum atomic E-state index is -2.32. The van der Waals surface area contributed by atoms with Gasteiger partial charge in [0.25, 0.3) is 0 Å². The summed E-state index contributed by atoms with van der Waals surface area (Å²) in [6, 6.07) is 0. The lowest BCUT2D eigenvalue weighted by Crippen LogP contribution is -2.66. The molecule has 12 atom stereocenters. The Morgan fingerprint density at radius 1 is 0.911 bits per heavy atom. The van der Waals surface area contributed by atoms with Crippen LogP contribution in [-0.4, -0.2) is 76.9 Å². The first-order chi connectivity index (χ1) is 20.7. The summed E-state index contributed by atoms with van der Waals surface area (Å²) < 4.78 is 29.9. The lowest BCUT2D eigenvalue weighted by atomic mass is 9.55. The van der Waals surface area contributed by atoms with Gasteiger partial charge in [-0.2, -0.15) is 0 Å². The maximum absolute atomic E-state index is 15.0. The topological polar surface area (TPSA) is 169 Å². The largest absolute Gasteiger partial charge is 0.465 e. The standard InChI is InChI=1S/C33H48O12/c1-11-15(2)28(38)44-27-24-25(43-19(6)36)16(3)13-33(24,40)29(39)31(10,45-20(7)37)26-23-21(30(23,8)9)12-22(42-18(5)35)32(26,27)14-41-17(4)34/h15-16,21-27,40H,11-14H2,1-10H3/t15?,16-,21-,22+,23-,24+,25?,26-,27+,31-,32+,33+/m0/s1. The molecule has 4 fully saturated rings. The highest BCUT2D eigenvalue weighted by atomic mass is 16.6. The SMILES string of the molecule is CCC(C)C(=O)O[C@@H]1[C@H]2C(OC(C)=O)[C@@H](C)C[C@]2(O)C(=O)[C@@](C)(OC(C)=O)[C@@H]2[C@@H]3[C@H](C[C@@H](OC(C)=O)[C@@]12COC(C)=O)C3(C)C. The highest BCUT2D eigenvalue weighted by Crippen LogP contribution is 2.76. The highest BCUT2D eigenvalue weighted by Gasteiger charge is 2.84. The van der Waals surface area contributed by atoms with E-state index in [0.29, 0.717) is 6.42 Å². The predicted octanol–water partition coefficient (Wildman–Crippen LogP) is 2.94. The Bertz CT molecular complexity index is 1270. The fraction of sp³-hybridized carbons (Fsp3) is 0.818. The molecule has 12 heteroatoms. The van der Waals surface area contributed by atoms with Gasteiger partial charge in [0, 0.05) is 33.6 Å². The summed E-state index contributed by atoms with van der Waals surface area (Å²) in [4.78, 5) is 79.4. The summed E-state index contributed by atoms with van der Waals surface area (Å²) in [6.45, 7) is 14.8. The van der Waals surface area contributed by atoms with Crippen LogP contribution in [0, 0.1) is 46.3 Å². The van der Waals surface area contributed by atoms with Crippen LogP contribution in [0.4, 0.5) is 0 Å². The van der Waals surface area contributed by atoms with Crippen LogP contribution in [0.5, 0.6) is 0 Å². The molecule has 2 unspecified atom stereocenters. The first-order valence-corrected chi connectivity index (χ1v) is 15.8. The number of fused-ring (bicyclic) bond motifs is 4. The normalized spacial score (nSPS) is 41.6. The Balaban J connectivity index is 2.17. The van der Waals surface area contributed by atoms with Gasteiger partial charge in [-0.3, -0.25) is 28.8 Å². The second-order valence-corrected chi connectivity index (χ2v) is 14.6. The van der Waals surface area contributed by atoms with Gasteiger partial charge in [0.2, 0.25) is 5.78 Å². The fourth-order valence-electron chi connectivity index (χ4n) is 9.27. The molecule has 0 aliphatic heterocycles. The molecular weight excluding hydrogens is 588 g/mol. The minimum absolute atomic E-state index is 0.123. The molecule has 1 N–H and O–H groups in total. The van der Waals surface area contributed by atoms with Crippen molar-refractivity contribution in [1.82, 2.24) is 0 Å². The van der Waals surface area contributed by atoms with Crippen LogP contribution in [0.1, 0.15) is 88.5 Å². The summed E-state index contributed by atoms with van der Waals surface area (Å²) in [6.07, 6.45) is -3.27. The number of ketones is 1. The van der Waals surface area contributed by atoms with Gasteiger partial charge in [0.1, 0.15) is 30.5 Å². The van der Waals surface area contributed by atoms with E-state index in [1.807, 2.05) is 13.8 Å². The second kappa shape index (κ2) is 11.7. The first kappa shape index (κ1) is 34.8. The zero-order chi connectivity index (χ0) is 34.0. The Morgan fingerprint density at radius 3 is 2.02 bits per heavy atom. The number of rotatable bonds is 8. The van der Waals surface area contributed by atoms with E-state index in [1.165, 1.54) is 27.7 Å².